The second-order valence-corrected chi connectivity index (χ2v) is 2.63. The highest BCUT2D eigenvalue weighted by molar-refractivity contribution is 5.85. The van der Waals surface area contributed by atoms with Gasteiger partial charge in [0.2, 0.25) is 0 Å². The van der Waals surface area contributed by atoms with Gasteiger partial charge in [-0.15, -0.1) is 12.4 Å². The van der Waals surface area contributed by atoms with E-state index in [0.717, 1.165) is 12.1 Å². The van der Waals surface area contributed by atoms with Gasteiger partial charge in [-0.2, -0.15) is 0 Å². The summed E-state index contributed by atoms with van der Waals surface area (Å²) in [6.07, 6.45) is 0. The van der Waals surface area contributed by atoms with Crippen molar-refractivity contribution in [3.63, 3.8) is 0 Å². The largest absolute Gasteiger partial charge is 0.505 e. The number of aromatic hydroxyl groups is 1. The number of hydrogen-bond acceptors (Lipinski definition) is 3. The number of nitrogens with two attached hydrogens (primary N) is 2. The third-order valence-electron chi connectivity index (χ3n) is 1.74. The molecule has 0 heterocycles. The average molecular weight is 225 g/mol. The first-order chi connectivity index (χ1) is 6.07. The van der Waals surface area contributed by atoms with Crippen LogP contribution in [0.3, 0.4) is 0 Å². The van der Waals surface area contributed by atoms with E-state index in [4.69, 9.17) is 16.6 Å². The molecule has 0 radical (unpaired) electrons. The van der Waals surface area contributed by atoms with Gasteiger partial charge >= 0.3 is 0 Å². The highest BCUT2D eigenvalue weighted by Crippen LogP contribution is 2.27. The van der Waals surface area contributed by atoms with Crippen LogP contribution in [0.25, 0.3) is 0 Å². The molecule has 1 rings (SSSR count). The van der Waals surface area contributed by atoms with Gasteiger partial charge in [-0.3, -0.25) is 0 Å². The maximum Gasteiger partial charge on any atom is 0.165 e. The molecule has 1 atom stereocenters. The Bertz CT molecular complexity index is 322. The minimum Gasteiger partial charge on any atom is -0.505 e. The van der Waals surface area contributed by atoms with Crippen molar-refractivity contribution in [2.45, 2.75) is 6.04 Å². The molecule has 1 aromatic carbocycles. The summed E-state index contributed by atoms with van der Waals surface area (Å²) in [6, 6.07) is 0.841. The summed E-state index contributed by atoms with van der Waals surface area (Å²) in [6.45, 7) is -0.0616. The Balaban J connectivity index is 0.00000169. The lowest BCUT2D eigenvalue weighted by Gasteiger charge is -2.12. The number of phenolic OH excluding ortho intramolecular Hbond substituents is 1. The summed E-state index contributed by atoms with van der Waals surface area (Å²) in [7, 11) is 0. The SMILES string of the molecule is Cl.NC[C@H](N)c1c(F)ccc(F)c1O. The molecule has 6 heteroatoms. The van der Waals surface area contributed by atoms with Crippen molar-refractivity contribution in [3.05, 3.63) is 29.3 Å². The third kappa shape index (κ3) is 2.31. The summed E-state index contributed by atoms with van der Waals surface area (Å²) >= 11 is 0. The van der Waals surface area contributed by atoms with E-state index in [0.29, 0.717) is 0 Å². The molecule has 3 nitrogen and oxygen atoms in total. The fraction of sp³-hybridized carbons (Fsp3) is 0.250. The second kappa shape index (κ2) is 5.09. The summed E-state index contributed by atoms with van der Waals surface area (Å²) in [5, 5.41) is 9.13. The highest BCUT2D eigenvalue weighted by atomic mass is 35.5. The second-order valence-electron chi connectivity index (χ2n) is 2.63. The van der Waals surface area contributed by atoms with Crippen molar-refractivity contribution in [3.8, 4) is 5.75 Å². The van der Waals surface area contributed by atoms with Gasteiger partial charge in [0, 0.05) is 12.6 Å². The summed E-state index contributed by atoms with van der Waals surface area (Å²) in [4.78, 5) is 0. The Kier molecular flexibility index (Phi) is 4.76. The van der Waals surface area contributed by atoms with Crippen LogP contribution in [0.15, 0.2) is 12.1 Å². The standard InChI is InChI=1S/C8H10F2N2O.ClH/c9-4-1-2-5(10)8(13)7(4)6(12)3-11;/h1-2,6,13H,3,11-12H2;1H/t6-;/m0./s1. The smallest absolute Gasteiger partial charge is 0.165 e. The Hall–Kier alpha value is -0.910. The van der Waals surface area contributed by atoms with E-state index >= 15 is 0 Å². The average Bonchev–Trinajstić information content (AvgIpc) is 2.12. The summed E-state index contributed by atoms with van der Waals surface area (Å²) < 4.78 is 25.7. The molecule has 0 bridgehead atoms. The Morgan fingerprint density at radius 3 is 2.29 bits per heavy atom. The van der Waals surface area contributed by atoms with Crippen LogP contribution in [-0.4, -0.2) is 11.7 Å². The van der Waals surface area contributed by atoms with Crippen molar-refractivity contribution in [2.24, 2.45) is 11.5 Å². The van der Waals surface area contributed by atoms with E-state index in [1.165, 1.54) is 0 Å². The van der Waals surface area contributed by atoms with Crippen LogP contribution in [0, 0.1) is 11.6 Å². The highest BCUT2D eigenvalue weighted by Gasteiger charge is 2.17. The Morgan fingerprint density at radius 1 is 1.29 bits per heavy atom. The maximum absolute atomic E-state index is 13.0. The lowest BCUT2D eigenvalue weighted by molar-refractivity contribution is 0.411. The molecule has 0 unspecified atom stereocenters. The first kappa shape index (κ1) is 13.1. The molecular weight excluding hydrogens is 214 g/mol. The van der Waals surface area contributed by atoms with E-state index in [-0.39, 0.29) is 24.5 Å². The van der Waals surface area contributed by atoms with Crippen LogP contribution in [0.4, 0.5) is 8.78 Å². The first-order valence-electron chi connectivity index (χ1n) is 3.70. The molecular formula is C8H11ClF2N2O. The lowest BCUT2D eigenvalue weighted by Crippen LogP contribution is -2.22. The van der Waals surface area contributed by atoms with Crippen LogP contribution in [0.5, 0.6) is 5.75 Å². The van der Waals surface area contributed by atoms with Crippen molar-refractivity contribution in [1.29, 1.82) is 0 Å². The molecule has 0 saturated heterocycles. The maximum atomic E-state index is 13.0. The molecule has 0 fully saturated rings. The normalized spacial score (nSPS) is 12.0. The molecule has 0 spiro atoms. The number of phenols is 1. The van der Waals surface area contributed by atoms with E-state index in [9.17, 15) is 8.78 Å². The lowest BCUT2D eigenvalue weighted by atomic mass is 10.1. The first-order valence-corrected chi connectivity index (χ1v) is 3.70. The zero-order valence-electron chi connectivity index (χ0n) is 7.21. The van der Waals surface area contributed by atoms with Crippen LogP contribution < -0.4 is 11.5 Å². The number of hydrogen-bond donors (Lipinski definition) is 3. The van der Waals surface area contributed by atoms with E-state index in [2.05, 4.69) is 0 Å². The molecule has 0 aliphatic heterocycles. The zero-order chi connectivity index (χ0) is 10.0. The zero-order valence-corrected chi connectivity index (χ0v) is 8.02. The molecule has 0 aliphatic rings. The predicted octanol–water partition coefficient (Wildman–Crippen LogP) is 1.05. The molecule has 1 aromatic rings. The van der Waals surface area contributed by atoms with Gasteiger partial charge in [-0.05, 0) is 12.1 Å². The van der Waals surface area contributed by atoms with Gasteiger partial charge in [-0.1, -0.05) is 0 Å². The van der Waals surface area contributed by atoms with Gasteiger partial charge in [0.25, 0.3) is 0 Å². The minimum absolute atomic E-state index is 0. The molecule has 0 amide bonds. The van der Waals surface area contributed by atoms with Crippen molar-refractivity contribution < 1.29 is 13.9 Å². The Morgan fingerprint density at radius 2 is 1.79 bits per heavy atom. The monoisotopic (exact) mass is 224 g/mol. The van der Waals surface area contributed by atoms with Crippen LogP contribution >= 0.6 is 12.4 Å². The molecule has 0 aliphatic carbocycles. The van der Waals surface area contributed by atoms with Crippen molar-refractivity contribution >= 4 is 12.4 Å². The third-order valence-corrected chi connectivity index (χ3v) is 1.74. The van der Waals surface area contributed by atoms with Gasteiger partial charge in [0.15, 0.2) is 11.6 Å². The van der Waals surface area contributed by atoms with E-state index in [1.807, 2.05) is 0 Å². The minimum atomic E-state index is -0.902. The van der Waals surface area contributed by atoms with Crippen LogP contribution in [-0.2, 0) is 0 Å². The fourth-order valence-electron chi connectivity index (χ4n) is 1.03. The van der Waals surface area contributed by atoms with Crippen LogP contribution in [0.1, 0.15) is 11.6 Å². The van der Waals surface area contributed by atoms with Gasteiger partial charge < -0.3 is 16.6 Å². The van der Waals surface area contributed by atoms with E-state index in [1.54, 1.807) is 0 Å². The summed E-state index contributed by atoms with van der Waals surface area (Å²) in [5.41, 5.74) is 10.3. The predicted molar refractivity (Wildman–Crippen MR) is 51.3 cm³/mol. The van der Waals surface area contributed by atoms with Crippen molar-refractivity contribution in [1.82, 2.24) is 0 Å². The molecule has 0 saturated carbocycles. The Labute approximate surface area is 86.1 Å². The van der Waals surface area contributed by atoms with Gasteiger partial charge in [0.05, 0.1) is 5.56 Å². The fourth-order valence-corrected chi connectivity index (χ4v) is 1.03. The topological polar surface area (TPSA) is 72.3 Å². The molecule has 14 heavy (non-hydrogen) atoms. The van der Waals surface area contributed by atoms with Gasteiger partial charge in [0.1, 0.15) is 5.82 Å². The molecule has 5 N–H and O–H groups in total. The molecule has 0 aromatic heterocycles. The number of halogens is 3. The number of rotatable bonds is 2. The molecule has 80 valence electrons. The summed E-state index contributed by atoms with van der Waals surface area (Å²) in [5.74, 6) is -2.42. The van der Waals surface area contributed by atoms with Crippen molar-refractivity contribution in [2.75, 3.05) is 6.54 Å². The van der Waals surface area contributed by atoms with Crippen LogP contribution in [0.2, 0.25) is 0 Å². The number of benzene rings is 1. The van der Waals surface area contributed by atoms with E-state index < -0.39 is 23.4 Å². The van der Waals surface area contributed by atoms with Gasteiger partial charge in [-0.25, -0.2) is 8.78 Å². The quantitative estimate of drug-likeness (QED) is 0.703.